The van der Waals surface area contributed by atoms with Crippen LogP contribution >= 0.6 is 8.60 Å². The average Bonchev–Trinajstić information content (AvgIpc) is 2.95. The van der Waals surface area contributed by atoms with Crippen molar-refractivity contribution < 1.29 is 38.0 Å². The third-order valence-electron chi connectivity index (χ3n) is 7.44. The number of benzene rings is 2. The van der Waals surface area contributed by atoms with E-state index in [4.69, 9.17) is 23.2 Å². The van der Waals surface area contributed by atoms with Gasteiger partial charge in [-0.1, -0.05) is 92.5 Å². The smallest absolute Gasteiger partial charge is 0.466 e. The molecule has 2 rings (SSSR count). The van der Waals surface area contributed by atoms with Gasteiger partial charge in [0, 0.05) is 24.0 Å². The van der Waals surface area contributed by atoms with E-state index in [9.17, 15) is 14.8 Å². The Labute approximate surface area is 272 Å². The minimum atomic E-state index is -2.24. The Bertz CT molecular complexity index is 1160. The van der Waals surface area contributed by atoms with Crippen LogP contribution in [-0.4, -0.2) is 30.4 Å². The third-order valence-corrected chi connectivity index (χ3v) is 8.24. The van der Waals surface area contributed by atoms with Crippen LogP contribution in [0.2, 0.25) is 0 Å². The Hall–Kier alpha value is -2.67. The quantitative estimate of drug-likeness (QED) is 0.0596. The van der Waals surface area contributed by atoms with Crippen molar-refractivity contribution in [2.45, 2.75) is 131 Å². The number of aryl methyl sites for hydroxylation is 4. The fourth-order valence-corrected chi connectivity index (χ4v) is 5.73. The van der Waals surface area contributed by atoms with Crippen LogP contribution in [0, 0.1) is 13.8 Å². The molecule has 0 saturated heterocycles. The lowest BCUT2D eigenvalue weighted by atomic mass is 9.83. The summed E-state index contributed by atoms with van der Waals surface area (Å²) >= 11 is 0. The van der Waals surface area contributed by atoms with Crippen LogP contribution in [-0.2, 0) is 47.4 Å². The predicted molar refractivity (Wildman–Crippen MR) is 180 cm³/mol. The first kappa shape index (κ1) is 38.5. The van der Waals surface area contributed by atoms with Crippen LogP contribution in [0.25, 0.3) is 0 Å². The van der Waals surface area contributed by atoms with Crippen LogP contribution in [0.15, 0.2) is 24.3 Å². The highest BCUT2D eigenvalue weighted by atomic mass is 31.2. The summed E-state index contributed by atoms with van der Waals surface area (Å²) < 4.78 is 28.1. The maximum absolute atomic E-state index is 12.2. The minimum Gasteiger partial charge on any atom is -0.466 e. The molecule has 2 aromatic rings. The molecule has 0 unspecified atom stereocenters. The maximum atomic E-state index is 12.2. The van der Waals surface area contributed by atoms with Crippen molar-refractivity contribution in [3.8, 4) is 11.5 Å². The molecule has 0 aliphatic rings. The highest BCUT2D eigenvalue weighted by Gasteiger charge is 2.30. The summed E-state index contributed by atoms with van der Waals surface area (Å²) in [7, 11) is -2.24. The van der Waals surface area contributed by atoms with Gasteiger partial charge in [0.2, 0.25) is 0 Å². The Kier molecular flexibility index (Phi) is 15.3. The average molecular weight is 647 g/mol. The molecule has 8 nitrogen and oxygen atoms in total. The van der Waals surface area contributed by atoms with E-state index in [0.717, 1.165) is 59.1 Å². The van der Waals surface area contributed by atoms with Crippen LogP contribution in [0.3, 0.4) is 0 Å². The van der Waals surface area contributed by atoms with E-state index in [-0.39, 0.29) is 22.8 Å². The monoisotopic (exact) mass is 646 g/mol. The van der Waals surface area contributed by atoms with Gasteiger partial charge in [0.25, 0.3) is 0 Å². The molecule has 0 bridgehead atoms. The van der Waals surface area contributed by atoms with Crippen LogP contribution in [0.1, 0.15) is 127 Å². The summed E-state index contributed by atoms with van der Waals surface area (Å²) in [6.07, 6.45) is 5.38. The molecule has 0 spiro atoms. The van der Waals surface area contributed by atoms with Gasteiger partial charge in [-0.2, -0.15) is 0 Å². The number of unbranched alkanes of at least 4 members (excludes halogenated alkanes) is 2. The van der Waals surface area contributed by atoms with Gasteiger partial charge in [0.15, 0.2) is 0 Å². The minimum absolute atomic E-state index is 0.202. The Balaban J connectivity index is 2.31. The van der Waals surface area contributed by atoms with E-state index in [0.29, 0.717) is 50.4 Å². The topological polar surface area (TPSA) is 101 Å². The van der Waals surface area contributed by atoms with Gasteiger partial charge >= 0.3 is 20.5 Å². The Morgan fingerprint density at radius 2 is 1.07 bits per heavy atom. The number of esters is 2. The fourth-order valence-electron chi connectivity index (χ4n) is 4.84. The van der Waals surface area contributed by atoms with Crippen molar-refractivity contribution in [1.82, 2.24) is 0 Å². The molecule has 0 atom stereocenters. The zero-order valence-electron chi connectivity index (χ0n) is 29.1. The summed E-state index contributed by atoms with van der Waals surface area (Å²) in [6.45, 7) is 21.4. The number of hydrogen-bond acceptors (Lipinski definition) is 8. The zero-order chi connectivity index (χ0) is 33.8. The first-order valence-electron chi connectivity index (χ1n) is 16.2. The Morgan fingerprint density at radius 1 is 0.689 bits per heavy atom. The lowest BCUT2D eigenvalue weighted by Gasteiger charge is -2.28. The van der Waals surface area contributed by atoms with Crippen molar-refractivity contribution in [2.24, 2.45) is 0 Å². The standard InChI is InChI=1S/C36H55O8P/c1-11-13-19-40-31(37)17-15-27-21-25(3)33(29(23-27)35(5,6)7)42-45(44-39)43-34-26(4)22-28(24-30(34)36(8,9)10)16-18-32(38)41-20-14-12-2/h21-24,39H,11-20H2,1-10H3. The zero-order valence-corrected chi connectivity index (χ0v) is 30.0. The molecule has 2 aromatic carbocycles. The molecule has 0 amide bonds. The summed E-state index contributed by atoms with van der Waals surface area (Å²) in [5.41, 5.74) is 4.92. The van der Waals surface area contributed by atoms with E-state index in [1.165, 1.54) is 0 Å². The van der Waals surface area contributed by atoms with Crippen LogP contribution in [0.4, 0.5) is 0 Å². The number of ether oxygens (including phenoxy) is 2. The molecule has 0 heterocycles. The second-order valence-electron chi connectivity index (χ2n) is 13.7. The largest absolute Gasteiger partial charge is 0.492 e. The van der Waals surface area contributed by atoms with Gasteiger partial charge in [-0.25, -0.2) is 5.26 Å². The van der Waals surface area contributed by atoms with Crippen LogP contribution in [0.5, 0.6) is 11.5 Å². The van der Waals surface area contributed by atoms with E-state index in [1.54, 1.807) is 0 Å². The molecular formula is C36H55O8P. The van der Waals surface area contributed by atoms with E-state index in [2.05, 4.69) is 55.4 Å². The molecule has 9 heteroatoms. The molecule has 0 aliphatic heterocycles. The normalized spacial score (nSPS) is 11.9. The molecule has 0 aromatic heterocycles. The van der Waals surface area contributed by atoms with Gasteiger partial charge in [-0.3, -0.25) is 9.59 Å². The lowest BCUT2D eigenvalue weighted by Crippen LogP contribution is -2.17. The maximum Gasteiger partial charge on any atom is 0.492 e. The summed E-state index contributed by atoms with van der Waals surface area (Å²) in [6, 6.07) is 8.06. The first-order valence-corrected chi connectivity index (χ1v) is 17.3. The van der Waals surface area contributed by atoms with Gasteiger partial charge in [-0.15, -0.1) is 4.67 Å². The highest BCUT2D eigenvalue weighted by Crippen LogP contribution is 2.48. The number of carbonyl (C=O) groups excluding carboxylic acids is 2. The molecule has 1 N–H and O–H groups in total. The predicted octanol–water partition coefficient (Wildman–Crippen LogP) is 9.62. The summed E-state index contributed by atoms with van der Waals surface area (Å²) in [5.74, 6) is 0.745. The molecular weight excluding hydrogens is 591 g/mol. The molecule has 0 fully saturated rings. The van der Waals surface area contributed by atoms with Crippen molar-refractivity contribution in [2.75, 3.05) is 13.2 Å². The second-order valence-corrected chi connectivity index (χ2v) is 14.7. The van der Waals surface area contributed by atoms with E-state index >= 15 is 0 Å². The first-order chi connectivity index (χ1) is 21.1. The number of carbonyl (C=O) groups is 2. The van der Waals surface area contributed by atoms with Gasteiger partial charge < -0.3 is 18.5 Å². The van der Waals surface area contributed by atoms with Crippen molar-refractivity contribution >= 4 is 20.5 Å². The molecule has 45 heavy (non-hydrogen) atoms. The van der Waals surface area contributed by atoms with Crippen molar-refractivity contribution in [3.63, 3.8) is 0 Å². The van der Waals surface area contributed by atoms with Gasteiger partial charge in [-0.05, 0) is 72.6 Å². The summed E-state index contributed by atoms with van der Waals surface area (Å²) in [4.78, 5) is 24.4. The van der Waals surface area contributed by atoms with E-state index in [1.807, 2.05) is 38.1 Å². The second kappa shape index (κ2) is 17.9. The molecule has 0 radical (unpaired) electrons. The third kappa shape index (κ3) is 12.6. The van der Waals surface area contributed by atoms with Gasteiger partial charge in [0.05, 0.1) is 13.2 Å². The summed E-state index contributed by atoms with van der Waals surface area (Å²) in [5, 5.41) is 9.97. The fraction of sp³-hybridized carbons (Fsp3) is 0.611. The Morgan fingerprint density at radius 3 is 1.38 bits per heavy atom. The molecule has 0 aliphatic carbocycles. The van der Waals surface area contributed by atoms with Crippen molar-refractivity contribution in [1.29, 1.82) is 0 Å². The van der Waals surface area contributed by atoms with Gasteiger partial charge in [0.1, 0.15) is 11.5 Å². The van der Waals surface area contributed by atoms with E-state index < -0.39 is 8.60 Å². The number of rotatable bonds is 17. The lowest BCUT2D eigenvalue weighted by molar-refractivity contribution is -0.144. The van der Waals surface area contributed by atoms with Crippen molar-refractivity contribution in [3.05, 3.63) is 57.6 Å². The SMILES string of the molecule is CCCCOC(=O)CCc1cc(C)c(OP(OO)Oc2c(C)cc(CCC(=O)OCCCC)cc2C(C)(C)C)c(C(C)(C)C)c1. The highest BCUT2D eigenvalue weighted by molar-refractivity contribution is 7.42. The number of hydrogen-bond donors (Lipinski definition) is 1. The molecule has 0 saturated carbocycles. The molecule has 252 valence electrons. The van der Waals surface area contributed by atoms with Crippen LogP contribution < -0.4 is 9.05 Å².